The molecule has 5 heteroatoms. The van der Waals surface area contributed by atoms with Crippen molar-refractivity contribution in [1.82, 2.24) is 10.2 Å². The van der Waals surface area contributed by atoms with Crippen molar-refractivity contribution in [3.05, 3.63) is 34.3 Å². The van der Waals surface area contributed by atoms with Gasteiger partial charge in [-0.1, -0.05) is 35.0 Å². The van der Waals surface area contributed by atoms with E-state index in [9.17, 15) is 4.21 Å². The minimum Gasteiger partial charge on any atom is -0.310 e. The van der Waals surface area contributed by atoms with Crippen LogP contribution in [0.15, 0.2) is 28.7 Å². The summed E-state index contributed by atoms with van der Waals surface area (Å²) in [5.41, 5.74) is 1.35. The van der Waals surface area contributed by atoms with Gasteiger partial charge in [-0.2, -0.15) is 0 Å². The van der Waals surface area contributed by atoms with Crippen molar-refractivity contribution in [3.8, 4) is 0 Å². The van der Waals surface area contributed by atoms with Crippen LogP contribution in [0, 0.1) is 0 Å². The fraction of sp³-hybridized carbons (Fsp3) is 0.625. The summed E-state index contributed by atoms with van der Waals surface area (Å²) >= 11 is 3.50. The first-order valence-corrected chi connectivity index (χ1v) is 10.0. The van der Waals surface area contributed by atoms with Gasteiger partial charge < -0.3 is 10.2 Å². The van der Waals surface area contributed by atoms with E-state index in [0.29, 0.717) is 6.04 Å². The molecule has 0 spiro atoms. The van der Waals surface area contributed by atoms with Crippen LogP contribution in [0.3, 0.4) is 0 Å². The van der Waals surface area contributed by atoms with Crippen LogP contribution >= 0.6 is 15.9 Å². The lowest BCUT2D eigenvalue weighted by molar-refractivity contribution is 0.278. The van der Waals surface area contributed by atoms with E-state index < -0.39 is 10.8 Å². The smallest absolute Gasteiger partial charge is 0.0363 e. The minimum atomic E-state index is -0.581. The van der Waals surface area contributed by atoms with Crippen LogP contribution in [0.2, 0.25) is 0 Å². The van der Waals surface area contributed by atoms with Crippen molar-refractivity contribution in [2.24, 2.45) is 0 Å². The van der Waals surface area contributed by atoms with Crippen LogP contribution in [0.4, 0.5) is 0 Å². The molecule has 0 bridgehead atoms. The number of rotatable bonds is 7. The number of nitrogens with zero attached hydrogens (tertiary/aromatic N) is 1. The molecule has 1 fully saturated rings. The number of hydrogen-bond donors (Lipinski definition) is 1. The third kappa shape index (κ3) is 5.81. The Morgan fingerprint density at radius 1 is 1.29 bits per heavy atom. The van der Waals surface area contributed by atoms with E-state index in [1.807, 2.05) is 0 Å². The van der Waals surface area contributed by atoms with Gasteiger partial charge in [0.25, 0.3) is 0 Å². The molecule has 118 valence electrons. The van der Waals surface area contributed by atoms with Gasteiger partial charge in [-0.25, -0.2) is 0 Å². The highest BCUT2D eigenvalue weighted by atomic mass is 79.9. The molecule has 1 aromatic carbocycles. The number of halogens is 1. The highest BCUT2D eigenvalue weighted by Gasteiger charge is 2.17. The second-order valence-electron chi connectivity index (χ2n) is 5.54. The molecule has 1 heterocycles. The number of nitrogens with one attached hydrogen (secondary N) is 1. The van der Waals surface area contributed by atoms with E-state index >= 15 is 0 Å². The maximum Gasteiger partial charge on any atom is 0.0363 e. The fourth-order valence-electron chi connectivity index (χ4n) is 2.61. The van der Waals surface area contributed by atoms with Crippen molar-refractivity contribution in [3.63, 3.8) is 0 Å². The molecule has 1 atom stereocenters. The van der Waals surface area contributed by atoms with Crippen molar-refractivity contribution >= 4 is 26.7 Å². The zero-order valence-corrected chi connectivity index (χ0v) is 15.1. The number of benzene rings is 1. The molecule has 0 aromatic heterocycles. The molecule has 1 aliphatic heterocycles. The molecule has 1 aliphatic rings. The van der Waals surface area contributed by atoms with Crippen LogP contribution in [0.25, 0.3) is 0 Å². The van der Waals surface area contributed by atoms with Crippen LogP contribution in [-0.2, 0) is 10.8 Å². The lowest BCUT2D eigenvalue weighted by Crippen LogP contribution is -2.39. The summed E-state index contributed by atoms with van der Waals surface area (Å²) in [4.78, 5) is 2.45. The average Bonchev–Trinajstić information content (AvgIpc) is 2.50. The monoisotopic (exact) mass is 372 g/mol. The molecule has 2 rings (SSSR count). The molecular formula is C16H25BrN2OS. The van der Waals surface area contributed by atoms with Crippen LogP contribution in [-0.4, -0.2) is 46.8 Å². The standard InChI is InChI=1S/C16H25BrN2OS/c1-2-8-18-16(14-3-5-15(17)6-4-14)7-9-19-10-12-21(20)13-11-19/h3-6,16,18H,2,7-13H2,1H3. The molecule has 0 radical (unpaired) electrons. The molecule has 0 aliphatic carbocycles. The zero-order valence-electron chi connectivity index (χ0n) is 12.7. The van der Waals surface area contributed by atoms with Crippen molar-refractivity contribution in [2.75, 3.05) is 37.7 Å². The van der Waals surface area contributed by atoms with E-state index in [2.05, 4.69) is 57.3 Å². The van der Waals surface area contributed by atoms with Gasteiger partial charge in [0.15, 0.2) is 0 Å². The van der Waals surface area contributed by atoms with Gasteiger partial charge in [0.05, 0.1) is 0 Å². The first kappa shape index (κ1) is 17.1. The lowest BCUT2D eigenvalue weighted by Gasteiger charge is -2.28. The second-order valence-corrected chi connectivity index (χ2v) is 8.15. The Hall–Kier alpha value is -0.230. The van der Waals surface area contributed by atoms with Gasteiger partial charge in [-0.05, 0) is 37.1 Å². The predicted octanol–water partition coefficient (Wildman–Crippen LogP) is 2.94. The first-order chi connectivity index (χ1) is 10.2. The second kappa shape index (κ2) is 9.03. The molecular weight excluding hydrogens is 348 g/mol. The highest BCUT2D eigenvalue weighted by Crippen LogP contribution is 2.20. The SMILES string of the molecule is CCCNC(CCN1CCS(=O)CC1)c1ccc(Br)cc1. The summed E-state index contributed by atoms with van der Waals surface area (Å²) < 4.78 is 12.5. The van der Waals surface area contributed by atoms with E-state index in [-0.39, 0.29) is 0 Å². The van der Waals surface area contributed by atoms with Crippen LogP contribution in [0.1, 0.15) is 31.4 Å². The molecule has 1 unspecified atom stereocenters. The summed E-state index contributed by atoms with van der Waals surface area (Å²) in [6, 6.07) is 9.02. The summed E-state index contributed by atoms with van der Waals surface area (Å²) in [7, 11) is -0.581. The number of hydrogen-bond acceptors (Lipinski definition) is 3. The maximum atomic E-state index is 11.4. The third-order valence-electron chi connectivity index (χ3n) is 3.92. The van der Waals surface area contributed by atoms with E-state index in [1.165, 1.54) is 5.56 Å². The van der Waals surface area contributed by atoms with Crippen molar-refractivity contribution in [2.45, 2.75) is 25.8 Å². The van der Waals surface area contributed by atoms with Gasteiger partial charge in [-0.3, -0.25) is 4.21 Å². The summed E-state index contributed by atoms with van der Waals surface area (Å²) in [6.07, 6.45) is 2.25. The molecule has 1 N–H and O–H groups in total. The zero-order chi connectivity index (χ0) is 15.1. The summed E-state index contributed by atoms with van der Waals surface area (Å²) in [6.45, 7) is 6.28. The maximum absolute atomic E-state index is 11.4. The Labute approximate surface area is 139 Å². The van der Waals surface area contributed by atoms with E-state index in [0.717, 1.165) is 55.0 Å². The minimum absolute atomic E-state index is 0.408. The Morgan fingerprint density at radius 3 is 2.57 bits per heavy atom. The van der Waals surface area contributed by atoms with Crippen LogP contribution < -0.4 is 5.32 Å². The third-order valence-corrected chi connectivity index (χ3v) is 5.72. The van der Waals surface area contributed by atoms with Gasteiger partial charge in [0.2, 0.25) is 0 Å². The molecule has 0 saturated carbocycles. The van der Waals surface area contributed by atoms with Crippen molar-refractivity contribution in [1.29, 1.82) is 0 Å². The largest absolute Gasteiger partial charge is 0.310 e. The molecule has 1 saturated heterocycles. The molecule has 21 heavy (non-hydrogen) atoms. The molecule has 1 aromatic rings. The quantitative estimate of drug-likeness (QED) is 0.798. The van der Waals surface area contributed by atoms with Gasteiger partial charge in [0.1, 0.15) is 0 Å². The summed E-state index contributed by atoms with van der Waals surface area (Å²) in [5.74, 6) is 1.68. The fourth-order valence-corrected chi connectivity index (χ4v) is 4.00. The Kier molecular flexibility index (Phi) is 7.37. The Balaban J connectivity index is 1.89. The summed E-state index contributed by atoms with van der Waals surface area (Å²) in [5, 5.41) is 3.65. The average molecular weight is 373 g/mol. The van der Waals surface area contributed by atoms with Crippen LogP contribution in [0.5, 0.6) is 0 Å². The Morgan fingerprint density at radius 2 is 1.95 bits per heavy atom. The molecule has 0 amide bonds. The van der Waals surface area contributed by atoms with Gasteiger partial charge in [-0.15, -0.1) is 0 Å². The van der Waals surface area contributed by atoms with Gasteiger partial charge >= 0.3 is 0 Å². The van der Waals surface area contributed by atoms with E-state index in [4.69, 9.17) is 0 Å². The Bertz CT molecular complexity index is 442. The highest BCUT2D eigenvalue weighted by molar-refractivity contribution is 9.10. The molecule has 3 nitrogen and oxygen atoms in total. The topological polar surface area (TPSA) is 32.3 Å². The predicted molar refractivity (Wildman–Crippen MR) is 94.1 cm³/mol. The van der Waals surface area contributed by atoms with Gasteiger partial charge in [0, 0.05) is 52.5 Å². The van der Waals surface area contributed by atoms with E-state index in [1.54, 1.807) is 0 Å². The lowest BCUT2D eigenvalue weighted by atomic mass is 10.0. The first-order valence-electron chi connectivity index (χ1n) is 7.75. The normalized spacial score (nSPS) is 18.8. The van der Waals surface area contributed by atoms with Crippen molar-refractivity contribution < 1.29 is 4.21 Å².